The molecule has 4 rings (SSSR count). The third kappa shape index (κ3) is 5.17. The van der Waals surface area contributed by atoms with Crippen LogP contribution in [0.4, 0.5) is 0 Å². The maximum Gasteiger partial charge on any atom is 0.104 e. The van der Waals surface area contributed by atoms with E-state index in [0.717, 1.165) is 13.2 Å². The second-order valence-corrected chi connectivity index (χ2v) is 7.96. The van der Waals surface area contributed by atoms with Crippen molar-refractivity contribution in [1.29, 1.82) is 0 Å². The lowest BCUT2D eigenvalue weighted by Gasteiger charge is -2.26. The van der Waals surface area contributed by atoms with Crippen molar-refractivity contribution in [2.45, 2.75) is 44.7 Å². The van der Waals surface area contributed by atoms with E-state index in [1.807, 2.05) is 0 Å². The molecule has 0 amide bonds. The van der Waals surface area contributed by atoms with Crippen LogP contribution in [0, 0.1) is 0 Å². The summed E-state index contributed by atoms with van der Waals surface area (Å²) in [5.41, 5.74) is 4.94. The first kappa shape index (κ1) is 18.6. The van der Waals surface area contributed by atoms with Gasteiger partial charge >= 0.3 is 0 Å². The van der Waals surface area contributed by atoms with Gasteiger partial charge in [-0.15, -0.1) is 0 Å². The summed E-state index contributed by atoms with van der Waals surface area (Å²) in [5, 5.41) is 0. The largest absolute Gasteiger partial charge is 0.374 e. The van der Waals surface area contributed by atoms with E-state index < -0.39 is 0 Å². The zero-order chi connectivity index (χ0) is 18.7. The Hall–Kier alpha value is -1.72. The Morgan fingerprint density at radius 3 is 1.44 bits per heavy atom. The molecule has 2 aromatic carbocycles. The van der Waals surface area contributed by atoms with Gasteiger partial charge in [-0.3, -0.25) is 0 Å². The van der Waals surface area contributed by atoms with Crippen molar-refractivity contribution in [3.8, 4) is 0 Å². The molecule has 0 N–H and O–H groups in total. The zero-order valence-electron chi connectivity index (χ0n) is 16.1. The molecule has 2 aliphatic heterocycles. The van der Waals surface area contributed by atoms with Gasteiger partial charge in [0, 0.05) is 5.41 Å². The van der Waals surface area contributed by atoms with Crippen LogP contribution in [0.5, 0.6) is 0 Å². The normalized spacial score (nSPS) is 21.3. The van der Waals surface area contributed by atoms with Crippen LogP contribution in [-0.4, -0.2) is 38.6 Å². The molecule has 0 saturated carbocycles. The Bertz CT molecular complexity index is 664. The number of ether oxygens (including phenoxy) is 4. The van der Waals surface area contributed by atoms with Crippen molar-refractivity contribution in [3.05, 3.63) is 70.8 Å². The predicted octanol–water partition coefficient (Wildman–Crippen LogP) is 3.84. The zero-order valence-corrected chi connectivity index (χ0v) is 16.1. The lowest BCUT2D eigenvalue weighted by molar-refractivity contribution is 0.104. The summed E-state index contributed by atoms with van der Waals surface area (Å²) in [7, 11) is 0. The van der Waals surface area contributed by atoms with Crippen molar-refractivity contribution in [1.82, 2.24) is 0 Å². The highest BCUT2D eigenvalue weighted by Crippen LogP contribution is 2.32. The van der Waals surface area contributed by atoms with Crippen LogP contribution in [0.2, 0.25) is 0 Å². The fraction of sp³-hybridized carbons (Fsp3) is 0.478. The van der Waals surface area contributed by atoms with Crippen molar-refractivity contribution in [2.75, 3.05) is 26.4 Å². The first-order valence-corrected chi connectivity index (χ1v) is 9.69. The molecule has 2 aliphatic rings. The number of epoxide rings is 2. The Morgan fingerprint density at radius 2 is 1.11 bits per heavy atom. The van der Waals surface area contributed by atoms with E-state index in [0.29, 0.717) is 38.6 Å². The highest BCUT2D eigenvalue weighted by molar-refractivity contribution is 5.39. The summed E-state index contributed by atoms with van der Waals surface area (Å²) < 4.78 is 21.7. The molecule has 4 nitrogen and oxygen atoms in total. The van der Waals surface area contributed by atoms with Gasteiger partial charge in [-0.05, 0) is 22.3 Å². The molecule has 2 atom stereocenters. The van der Waals surface area contributed by atoms with Crippen LogP contribution >= 0.6 is 0 Å². The quantitative estimate of drug-likeness (QED) is 0.598. The Labute approximate surface area is 161 Å². The molecular weight excluding hydrogens is 340 g/mol. The molecule has 2 heterocycles. The van der Waals surface area contributed by atoms with E-state index in [1.165, 1.54) is 22.3 Å². The van der Waals surface area contributed by atoms with Crippen LogP contribution in [-0.2, 0) is 37.6 Å². The van der Waals surface area contributed by atoms with E-state index in [9.17, 15) is 0 Å². The highest BCUT2D eigenvalue weighted by Gasteiger charge is 2.24. The second kappa shape index (κ2) is 8.11. The van der Waals surface area contributed by atoms with Gasteiger partial charge in [0.25, 0.3) is 0 Å². The molecular formula is C23H28O4. The van der Waals surface area contributed by atoms with Crippen molar-refractivity contribution in [3.63, 3.8) is 0 Å². The smallest absolute Gasteiger partial charge is 0.104 e. The molecule has 2 unspecified atom stereocenters. The van der Waals surface area contributed by atoms with E-state index in [4.69, 9.17) is 18.9 Å². The van der Waals surface area contributed by atoms with Gasteiger partial charge in [0.1, 0.15) is 12.2 Å². The minimum Gasteiger partial charge on any atom is -0.374 e. The van der Waals surface area contributed by atoms with Crippen molar-refractivity contribution < 1.29 is 18.9 Å². The third-order valence-corrected chi connectivity index (χ3v) is 5.30. The first-order chi connectivity index (χ1) is 13.1. The van der Waals surface area contributed by atoms with Crippen LogP contribution in [0.25, 0.3) is 0 Å². The molecule has 4 heteroatoms. The summed E-state index contributed by atoms with van der Waals surface area (Å²) in [6, 6.07) is 17.5. The predicted molar refractivity (Wildman–Crippen MR) is 104 cm³/mol. The Morgan fingerprint density at radius 1 is 0.741 bits per heavy atom. The number of benzene rings is 2. The standard InChI is InChI=1S/C23H28O4/c1-23(2,19-7-3-17(4-8-19)11-24-13-21-15-26-21)20-9-5-18(6-10-20)12-25-14-22-16-27-22/h3-10,21-22H,11-16H2,1-2H3. The maximum absolute atomic E-state index is 5.67. The summed E-state index contributed by atoms with van der Waals surface area (Å²) >= 11 is 0. The molecule has 144 valence electrons. The lowest BCUT2D eigenvalue weighted by Crippen LogP contribution is -2.19. The van der Waals surface area contributed by atoms with Gasteiger partial charge in [-0.2, -0.15) is 0 Å². The second-order valence-electron chi connectivity index (χ2n) is 7.96. The van der Waals surface area contributed by atoms with Gasteiger partial charge in [0.05, 0.1) is 39.6 Å². The van der Waals surface area contributed by atoms with Crippen LogP contribution < -0.4 is 0 Å². The van der Waals surface area contributed by atoms with E-state index in [-0.39, 0.29) is 5.41 Å². The summed E-state index contributed by atoms with van der Waals surface area (Å²) in [4.78, 5) is 0. The maximum atomic E-state index is 5.67. The third-order valence-electron chi connectivity index (χ3n) is 5.30. The molecule has 0 bridgehead atoms. The molecule has 0 aromatic heterocycles. The minimum absolute atomic E-state index is 0.0531. The Balaban J connectivity index is 1.34. The van der Waals surface area contributed by atoms with Crippen molar-refractivity contribution >= 4 is 0 Å². The summed E-state index contributed by atoms with van der Waals surface area (Å²) in [5.74, 6) is 0. The van der Waals surface area contributed by atoms with Gasteiger partial charge < -0.3 is 18.9 Å². The minimum atomic E-state index is -0.0531. The van der Waals surface area contributed by atoms with Gasteiger partial charge in [0.15, 0.2) is 0 Å². The van der Waals surface area contributed by atoms with Gasteiger partial charge in [0.2, 0.25) is 0 Å². The van der Waals surface area contributed by atoms with Gasteiger partial charge in [-0.25, -0.2) is 0 Å². The van der Waals surface area contributed by atoms with Crippen molar-refractivity contribution in [2.24, 2.45) is 0 Å². The number of hydrogen-bond donors (Lipinski definition) is 0. The van der Waals surface area contributed by atoms with Crippen LogP contribution in [0.15, 0.2) is 48.5 Å². The number of rotatable bonds is 10. The average molecular weight is 368 g/mol. The molecule has 2 saturated heterocycles. The molecule has 0 spiro atoms. The SMILES string of the molecule is CC(C)(c1ccc(COCC2CO2)cc1)c1ccc(COCC2CO2)cc1. The topological polar surface area (TPSA) is 43.5 Å². The van der Waals surface area contributed by atoms with Crippen LogP contribution in [0.3, 0.4) is 0 Å². The van der Waals surface area contributed by atoms with E-state index in [2.05, 4.69) is 62.4 Å². The highest BCUT2D eigenvalue weighted by atomic mass is 16.6. The van der Waals surface area contributed by atoms with Gasteiger partial charge in [-0.1, -0.05) is 62.4 Å². The van der Waals surface area contributed by atoms with E-state index >= 15 is 0 Å². The van der Waals surface area contributed by atoms with E-state index in [1.54, 1.807) is 0 Å². The molecule has 2 fully saturated rings. The first-order valence-electron chi connectivity index (χ1n) is 9.69. The lowest BCUT2D eigenvalue weighted by atomic mass is 9.78. The fourth-order valence-corrected chi connectivity index (χ4v) is 3.15. The summed E-state index contributed by atoms with van der Waals surface area (Å²) in [6.45, 7) is 8.87. The monoisotopic (exact) mass is 368 g/mol. The molecule has 0 radical (unpaired) electrons. The molecule has 2 aromatic rings. The fourth-order valence-electron chi connectivity index (χ4n) is 3.15. The average Bonchev–Trinajstić information content (AvgIpc) is 3.58. The molecule has 27 heavy (non-hydrogen) atoms. The summed E-state index contributed by atoms with van der Waals surface area (Å²) in [6.07, 6.45) is 0.636. The van der Waals surface area contributed by atoms with Crippen LogP contribution in [0.1, 0.15) is 36.1 Å². The Kier molecular flexibility index (Phi) is 5.60. The number of hydrogen-bond acceptors (Lipinski definition) is 4. The molecule has 0 aliphatic carbocycles.